The lowest BCUT2D eigenvalue weighted by Gasteiger charge is -2.37. The van der Waals surface area contributed by atoms with E-state index in [1.807, 2.05) is 35.1 Å². The summed E-state index contributed by atoms with van der Waals surface area (Å²) in [6.45, 7) is 1.87. The molecule has 0 amide bonds. The summed E-state index contributed by atoms with van der Waals surface area (Å²) >= 11 is 0. The average molecular weight is 461 g/mol. The second-order valence-electron chi connectivity index (χ2n) is 9.40. The lowest BCUT2D eigenvalue weighted by Crippen LogP contribution is -2.45. The van der Waals surface area contributed by atoms with Gasteiger partial charge < -0.3 is 14.2 Å². The molecule has 174 valence electrons. The van der Waals surface area contributed by atoms with Gasteiger partial charge in [-0.25, -0.2) is 13.1 Å². The van der Waals surface area contributed by atoms with E-state index >= 15 is 0 Å². The fourth-order valence-corrected chi connectivity index (χ4v) is 7.38. The quantitative estimate of drug-likeness (QED) is 0.541. The Labute approximate surface area is 190 Å². The Hall–Kier alpha value is -1.90. The van der Waals surface area contributed by atoms with Crippen molar-refractivity contribution in [1.82, 2.24) is 9.78 Å². The fourth-order valence-electron chi connectivity index (χ4n) is 5.09. The highest BCUT2D eigenvalue weighted by molar-refractivity contribution is 7.93. The zero-order valence-electron chi connectivity index (χ0n) is 18.6. The molecule has 2 aliphatic carbocycles. The van der Waals surface area contributed by atoms with Crippen LogP contribution in [0.3, 0.4) is 0 Å². The van der Waals surface area contributed by atoms with Gasteiger partial charge in [0, 0.05) is 25.8 Å². The van der Waals surface area contributed by atoms with Crippen LogP contribution in [-0.4, -0.2) is 62.2 Å². The van der Waals surface area contributed by atoms with Gasteiger partial charge in [0.15, 0.2) is 9.84 Å². The molecule has 1 aromatic carbocycles. The number of hydrogen-bond acceptors (Lipinski definition) is 6. The van der Waals surface area contributed by atoms with Crippen molar-refractivity contribution in [2.24, 2.45) is 11.8 Å². The number of rotatable bonds is 10. The van der Waals surface area contributed by atoms with Gasteiger partial charge in [-0.3, -0.25) is 0 Å². The minimum atomic E-state index is -3.21. The average Bonchev–Trinajstić information content (AvgIpc) is 3.75. The molecule has 0 spiro atoms. The van der Waals surface area contributed by atoms with Crippen molar-refractivity contribution in [2.75, 3.05) is 39.3 Å². The summed E-state index contributed by atoms with van der Waals surface area (Å²) < 4.78 is 44.2. The summed E-state index contributed by atoms with van der Waals surface area (Å²) in [7, 11) is -1.66. The van der Waals surface area contributed by atoms with Crippen LogP contribution in [-0.2, 0) is 19.3 Å². The first-order valence-corrected chi connectivity index (χ1v) is 13.2. The fraction of sp³-hybridized carbons (Fsp3) is 0.625. The molecular formula is C24H32N2O5S. The standard InChI is InChI=1S/C24H32N2O5S/c1-29-12-13-32(27,28)24(9-10-24)23-8-11-30-16-20(23)17-31-22-6-4-21(5-7-22)26-15-19(14-25-26)18-2-3-18/h4-7,14-15,18,20,23H,2-3,8-13,16-17H2,1H3/t20-,23?/m1/s1. The Balaban J connectivity index is 1.23. The van der Waals surface area contributed by atoms with Crippen LogP contribution in [0.4, 0.5) is 0 Å². The molecule has 0 radical (unpaired) electrons. The molecule has 1 unspecified atom stereocenters. The Morgan fingerprint density at radius 3 is 2.66 bits per heavy atom. The van der Waals surface area contributed by atoms with Gasteiger partial charge in [-0.1, -0.05) is 0 Å². The number of hydrogen-bond donors (Lipinski definition) is 0. The molecule has 7 nitrogen and oxygen atoms in total. The van der Waals surface area contributed by atoms with E-state index in [9.17, 15) is 8.42 Å². The summed E-state index contributed by atoms with van der Waals surface area (Å²) in [6, 6.07) is 7.92. The van der Waals surface area contributed by atoms with E-state index in [0.717, 1.165) is 30.7 Å². The van der Waals surface area contributed by atoms with Crippen molar-refractivity contribution in [1.29, 1.82) is 0 Å². The predicted octanol–water partition coefficient (Wildman–Crippen LogP) is 3.38. The zero-order valence-corrected chi connectivity index (χ0v) is 19.4. The van der Waals surface area contributed by atoms with Gasteiger partial charge in [-0.2, -0.15) is 5.10 Å². The second kappa shape index (κ2) is 8.80. The second-order valence-corrected chi connectivity index (χ2v) is 11.9. The Morgan fingerprint density at radius 1 is 1.19 bits per heavy atom. The van der Waals surface area contributed by atoms with E-state index in [4.69, 9.17) is 14.2 Å². The molecule has 1 aromatic heterocycles. The first-order chi connectivity index (χ1) is 15.5. The SMILES string of the molecule is COCCS(=O)(=O)C1(C2CCOC[C@@H]2COc2ccc(-n3cc(C4CC4)cn3)cc2)CC1. The molecule has 3 fully saturated rings. The van der Waals surface area contributed by atoms with Crippen LogP contribution < -0.4 is 4.74 Å². The third-order valence-corrected chi connectivity index (χ3v) is 9.94. The zero-order chi connectivity index (χ0) is 22.2. The molecule has 0 bridgehead atoms. The van der Waals surface area contributed by atoms with Crippen molar-refractivity contribution in [3.05, 3.63) is 42.2 Å². The van der Waals surface area contributed by atoms with Crippen molar-refractivity contribution in [3.8, 4) is 11.4 Å². The van der Waals surface area contributed by atoms with Gasteiger partial charge >= 0.3 is 0 Å². The summed E-state index contributed by atoms with van der Waals surface area (Å²) in [6.07, 6.45) is 8.83. The number of sulfone groups is 1. The topological polar surface area (TPSA) is 79.7 Å². The lowest BCUT2D eigenvalue weighted by atomic mass is 9.84. The van der Waals surface area contributed by atoms with Gasteiger partial charge in [0.25, 0.3) is 0 Å². The van der Waals surface area contributed by atoms with Crippen molar-refractivity contribution >= 4 is 9.84 Å². The van der Waals surface area contributed by atoms with Crippen LogP contribution in [0.1, 0.15) is 43.6 Å². The third kappa shape index (κ3) is 4.32. The van der Waals surface area contributed by atoms with Crippen molar-refractivity contribution in [2.45, 2.75) is 42.8 Å². The number of aromatic nitrogens is 2. The molecular weight excluding hydrogens is 428 g/mol. The van der Waals surface area contributed by atoms with Gasteiger partial charge in [-0.15, -0.1) is 0 Å². The Morgan fingerprint density at radius 2 is 1.97 bits per heavy atom. The van der Waals surface area contributed by atoms with Crippen LogP contribution in [0.5, 0.6) is 5.75 Å². The summed E-state index contributed by atoms with van der Waals surface area (Å²) in [4.78, 5) is 0. The molecule has 5 rings (SSSR count). The van der Waals surface area contributed by atoms with Crippen molar-refractivity contribution in [3.63, 3.8) is 0 Å². The molecule has 2 saturated carbocycles. The van der Waals surface area contributed by atoms with E-state index in [-0.39, 0.29) is 24.2 Å². The third-order valence-electron chi connectivity index (χ3n) is 7.28. The number of benzene rings is 1. The normalized spacial score (nSPS) is 24.9. The molecule has 2 atom stereocenters. The van der Waals surface area contributed by atoms with Crippen LogP contribution in [0.2, 0.25) is 0 Å². The molecule has 8 heteroatoms. The van der Waals surface area contributed by atoms with E-state index in [1.54, 1.807) is 7.11 Å². The van der Waals surface area contributed by atoms with Crippen LogP contribution in [0.15, 0.2) is 36.7 Å². The Kier molecular flexibility index (Phi) is 6.03. The lowest BCUT2D eigenvalue weighted by molar-refractivity contribution is -0.00617. The minimum Gasteiger partial charge on any atom is -0.493 e. The van der Waals surface area contributed by atoms with Crippen LogP contribution in [0, 0.1) is 11.8 Å². The van der Waals surface area contributed by atoms with Crippen molar-refractivity contribution < 1.29 is 22.6 Å². The smallest absolute Gasteiger partial charge is 0.158 e. The Bertz CT molecular complexity index is 1020. The number of methoxy groups -OCH3 is 1. The predicted molar refractivity (Wildman–Crippen MR) is 121 cm³/mol. The summed E-state index contributed by atoms with van der Waals surface area (Å²) in [5, 5.41) is 4.48. The molecule has 0 N–H and O–H groups in total. The van der Waals surface area contributed by atoms with Gasteiger partial charge in [-0.05, 0) is 73.8 Å². The molecule has 32 heavy (non-hydrogen) atoms. The summed E-state index contributed by atoms with van der Waals surface area (Å²) in [5.41, 5.74) is 2.31. The van der Waals surface area contributed by atoms with E-state index in [2.05, 4.69) is 11.3 Å². The highest BCUT2D eigenvalue weighted by atomic mass is 32.2. The molecule has 1 aliphatic heterocycles. The molecule has 2 aromatic rings. The van der Waals surface area contributed by atoms with E-state index < -0.39 is 14.6 Å². The monoisotopic (exact) mass is 460 g/mol. The molecule has 3 aliphatic rings. The largest absolute Gasteiger partial charge is 0.493 e. The van der Waals surface area contributed by atoms with E-state index in [1.165, 1.54) is 18.4 Å². The maximum atomic E-state index is 13.0. The minimum absolute atomic E-state index is 0.0652. The van der Waals surface area contributed by atoms with Gasteiger partial charge in [0.1, 0.15) is 5.75 Å². The van der Waals surface area contributed by atoms with Crippen LogP contribution in [0.25, 0.3) is 5.69 Å². The highest BCUT2D eigenvalue weighted by Crippen LogP contribution is 2.54. The molecule has 1 saturated heterocycles. The van der Waals surface area contributed by atoms with Gasteiger partial charge in [0.2, 0.25) is 0 Å². The number of nitrogens with zero attached hydrogens (tertiary/aromatic N) is 2. The highest BCUT2D eigenvalue weighted by Gasteiger charge is 2.61. The first-order valence-electron chi connectivity index (χ1n) is 11.6. The maximum absolute atomic E-state index is 13.0. The van der Waals surface area contributed by atoms with E-state index in [0.29, 0.717) is 25.7 Å². The van der Waals surface area contributed by atoms with Gasteiger partial charge in [0.05, 0.1) is 42.2 Å². The first kappa shape index (κ1) is 21.9. The summed E-state index contributed by atoms with van der Waals surface area (Å²) in [5.74, 6) is 1.69. The maximum Gasteiger partial charge on any atom is 0.158 e. The molecule has 2 heterocycles. The number of ether oxygens (including phenoxy) is 3. The van der Waals surface area contributed by atoms with Crippen LogP contribution >= 0.6 is 0 Å².